The molecule has 1 aromatic heterocycles. The van der Waals surface area contributed by atoms with Gasteiger partial charge >= 0.3 is 6.03 Å². The summed E-state index contributed by atoms with van der Waals surface area (Å²) >= 11 is 0. The number of ether oxygens (including phenoxy) is 1. The Labute approximate surface area is 146 Å². The summed E-state index contributed by atoms with van der Waals surface area (Å²) in [5.74, 6) is 0.802. The van der Waals surface area contributed by atoms with E-state index in [9.17, 15) is 4.79 Å². The van der Waals surface area contributed by atoms with Gasteiger partial charge in [0.15, 0.2) is 0 Å². The number of anilines is 2. The number of nitrogens with zero attached hydrogens (tertiary/aromatic N) is 1. The molecule has 0 aliphatic rings. The number of aromatic nitrogens is 1. The highest BCUT2D eigenvalue weighted by atomic mass is 16.5. The van der Waals surface area contributed by atoms with E-state index >= 15 is 0 Å². The lowest BCUT2D eigenvalue weighted by Gasteiger charge is -2.11. The van der Waals surface area contributed by atoms with Gasteiger partial charge in [0.2, 0.25) is 0 Å². The highest BCUT2D eigenvalue weighted by Gasteiger charge is 2.08. The first-order chi connectivity index (χ1) is 12.2. The van der Waals surface area contributed by atoms with Gasteiger partial charge in [0, 0.05) is 11.3 Å². The second kappa shape index (κ2) is 7.49. The molecule has 3 rings (SSSR count). The molecule has 0 saturated carbocycles. The zero-order valence-corrected chi connectivity index (χ0v) is 14.1. The smallest absolute Gasteiger partial charge is 0.323 e. The normalized spacial score (nSPS) is 10.2. The van der Waals surface area contributed by atoms with Crippen LogP contribution in [-0.2, 0) is 0 Å². The number of amides is 2. The Morgan fingerprint density at radius 2 is 1.64 bits per heavy atom. The first kappa shape index (κ1) is 16.5. The molecule has 1 heterocycles. The second-order valence-electron chi connectivity index (χ2n) is 5.50. The van der Waals surface area contributed by atoms with Crippen LogP contribution in [0.4, 0.5) is 16.2 Å². The molecule has 0 bridgehead atoms. The number of aryl methyl sites for hydroxylation is 1. The van der Waals surface area contributed by atoms with E-state index < -0.39 is 0 Å². The number of carbonyl (C=O) groups is 1. The minimum Gasteiger partial charge on any atom is -0.497 e. The maximum Gasteiger partial charge on any atom is 0.323 e. The van der Waals surface area contributed by atoms with Crippen molar-refractivity contribution in [3.05, 3.63) is 72.4 Å². The van der Waals surface area contributed by atoms with E-state index in [2.05, 4.69) is 15.6 Å². The highest BCUT2D eigenvalue weighted by molar-refractivity contribution is 6.00. The average molecular weight is 333 g/mol. The highest BCUT2D eigenvalue weighted by Crippen LogP contribution is 2.23. The van der Waals surface area contributed by atoms with Crippen molar-refractivity contribution in [1.29, 1.82) is 0 Å². The summed E-state index contributed by atoms with van der Waals surface area (Å²) < 4.78 is 5.17. The molecule has 0 aliphatic carbocycles. The second-order valence-corrected chi connectivity index (χ2v) is 5.50. The molecule has 0 radical (unpaired) electrons. The number of carbonyl (C=O) groups excluding carboxylic acids is 1. The van der Waals surface area contributed by atoms with Crippen LogP contribution in [0, 0.1) is 6.92 Å². The van der Waals surface area contributed by atoms with Gasteiger partial charge in [0.05, 0.1) is 24.2 Å². The molecule has 2 amide bonds. The van der Waals surface area contributed by atoms with Gasteiger partial charge < -0.3 is 15.4 Å². The van der Waals surface area contributed by atoms with Gasteiger partial charge in [-0.3, -0.25) is 4.98 Å². The van der Waals surface area contributed by atoms with E-state index in [0.717, 1.165) is 28.4 Å². The number of nitrogens with one attached hydrogen (secondary N) is 2. The van der Waals surface area contributed by atoms with Gasteiger partial charge in [0.1, 0.15) is 5.75 Å². The molecule has 5 nitrogen and oxygen atoms in total. The Kier molecular flexibility index (Phi) is 4.95. The van der Waals surface area contributed by atoms with E-state index in [0.29, 0.717) is 5.69 Å². The monoisotopic (exact) mass is 333 g/mol. The fourth-order valence-corrected chi connectivity index (χ4v) is 2.42. The lowest BCUT2D eigenvalue weighted by molar-refractivity contribution is 0.262. The first-order valence-electron chi connectivity index (χ1n) is 7.91. The summed E-state index contributed by atoms with van der Waals surface area (Å²) in [5, 5.41) is 5.61. The number of urea groups is 1. The fraction of sp³-hybridized carbons (Fsp3) is 0.100. The Hall–Kier alpha value is -3.34. The number of methoxy groups -OCH3 is 1. The molecule has 2 aromatic carbocycles. The van der Waals surface area contributed by atoms with Gasteiger partial charge in [-0.15, -0.1) is 0 Å². The molecule has 0 spiro atoms. The van der Waals surface area contributed by atoms with Crippen LogP contribution in [0.5, 0.6) is 5.75 Å². The maximum absolute atomic E-state index is 12.1. The molecule has 25 heavy (non-hydrogen) atoms. The average Bonchev–Trinajstić information content (AvgIpc) is 2.64. The summed E-state index contributed by atoms with van der Waals surface area (Å²) in [4.78, 5) is 16.7. The predicted molar refractivity (Wildman–Crippen MR) is 100 cm³/mol. The predicted octanol–water partition coefficient (Wildman–Crippen LogP) is 4.71. The van der Waals surface area contributed by atoms with E-state index in [1.165, 1.54) is 0 Å². The summed E-state index contributed by atoms with van der Waals surface area (Å²) in [7, 11) is 1.64. The molecule has 2 N–H and O–H groups in total. The van der Waals surface area contributed by atoms with Crippen molar-refractivity contribution in [1.82, 2.24) is 4.98 Å². The van der Waals surface area contributed by atoms with Crippen LogP contribution in [0.1, 0.15) is 5.69 Å². The van der Waals surface area contributed by atoms with Crippen LogP contribution in [0.25, 0.3) is 11.3 Å². The summed E-state index contributed by atoms with van der Waals surface area (Å²) in [6, 6.07) is 20.4. The number of benzene rings is 2. The zero-order valence-electron chi connectivity index (χ0n) is 14.1. The molecular formula is C20H19N3O2. The number of hydrogen-bond acceptors (Lipinski definition) is 3. The maximum atomic E-state index is 12.1. The molecule has 5 heteroatoms. The van der Waals surface area contributed by atoms with Crippen LogP contribution in [-0.4, -0.2) is 18.1 Å². The number of para-hydroxylation sites is 1. The van der Waals surface area contributed by atoms with Crippen LogP contribution >= 0.6 is 0 Å². The van der Waals surface area contributed by atoms with E-state index in [1.54, 1.807) is 7.11 Å². The molecule has 3 aromatic rings. The van der Waals surface area contributed by atoms with Crippen molar-refractivity contribution < 1.29 is 9.53 Å². The molecule has 0 saturated heterocycles. The van der Waals surface area contributed by atoms with Crippen LogP contribution in [0.15, 0.2) is 66.7 Å². The van der Waals surface area contributed by atoms with Gasteiger partial charge in [0.25, 0.3) is 0 Å². The third-order valence-electron chi connectivity index (χ3n) is 3.75. The third-order valence-corrected chi connectivity index (χ3v) is 3.75. The lowest BCUT2D eigenvalue weighted by atomic mass is 10.1. The number of pyridine rings is 1. The SMILES string of the molecule is COc1ccc(-c2ccc(NC(=O)Nc3ccccc3)c(C)n2)cc1. The van der Waals surface area contributed by atoms with E-state index in [-0.39, 0.29) is 6.03 Å². The minimum atomic E-state index is -0.298. The quantitative estimate of drug-likeness (QED) is 0.727. The van der Waals surface area contributed by atoms with Crippen molar-refractivity contribution >= 4 is 17.4 Å². The van der Waals surface area contributed by atoms with Gasteiger partial charge in [-0.05, 0) is 55.5 Å². The van der Waals surface area contributed by atoms with Gasteiger partial charge in [-0.2, -0.15) is 0 Å². The summed E-state index contributed by atoms with van der Waals surface area (Å²) in [6.07, 6.45) is 0. The van der Waals surface area contributed by atoms with Crippen molar-refractivity contribution in [3.63, 3.8) is 0 Å². The van der Waals surface area contributed by atoms with Crippen molar-refractivity contribution in [2.45, 2.75) is 6.92 Å². The van der Waals surface area contributed by atoms with Crippen molar-refractivity contribution in [2.75, 3.05) is 17.7 Å². The molecule has 0 fully saturated rings. The third kappa shape index (κ3) is 4.14. The van der Waals surface area contributed by atoms with Gasteiger partial charge in [-0.25, -0.2) is 4.79 Å². The zero-order chi connectivity index (χ0) is 17.6. The van der Waals surface area contributed by atoms with Crippen molar-refractivity contribution in [3.8, 4) is 17.0 Å². The summed E-state index contributed by atoms with van der Waals surface area (Å²) in [6.45, 7) is 1.87. The Balaban J connectivity index is 1.72. The largest absolute Gasteiger partial charge is 0.497 e. The Morgan fingerprint density at radius 1 is 0.920 bits per heavy atom. The Bertz CT molecular complexity index is 862. The molecule has 0 unspecified atom stereocenters. The minimum absolute atomic E-state index is 0.298. The standard InChI is InChI=1S/C20H19N3O2/c1-14-18(23-20(24)22-16-6-4-3-5-7-16)12-13-19(21-14)15-8-10-17(25-2)11-9-15/h3-13H,1-2H3,(H2,22,23,24). The van der Waals surface area contributed by atoms with Crippen LogP contribution in [0.2, 0.25) is 0 Å². The van der Waals surface area contributed by atoms with Crippen LogP contribution < -0.4 is 15.4 Å². The molecule has 126 valence electrons. The number of hydrogen-bond donors (Lipinski definition) is 2. The number of rotatable bonds is 4. The lowest BCUT2D eigenvalue weighted by Crippen LogP contribution is -2.20. The van der Waals surface area contributed by atoms with Gasteiger partial charge in [-0.1, -0.05) is 18.2 Å². The van der Waals surface area contributed by atoms with E-state index in [4.69, 9.17) is 4.74 Å². The molecule has 0 atom stereocenters. The fourth-order valence-electron chi connectivity index (χ4n) is 2.42. The molecular weight excluding hydrogens is 314 g/mol. The topological polar surface area (TPSA) is 63.2 Å². The van der Waals surface area contributed by atoms with Crippen LogP contribution in [0.3, 0.4) is 0 Å². The van der Waals surface area contributed by atoms with E-state index in [1.807, 2.05) is 73.7 Å². The summed E-state index contributed by atoms with van der Waals surface area (Å²) in [5.41, 5.74) is 3.99. The first-order valence-corrected chi connectivity index (χ1v) is 7.91. The van der Waals surface area contributed by atoms with Crippen molar-refractivity contribution in [2.24, 2.45) is 0 Å². The molecule has 0 aliphatic heterocycles. The Morgan fingerprint density at radius 3 is 2.28 bits per heavy atom.